The predicted molar refractivity (Wildman–Crippen MR) is 109 cm³/mol. The molecule has 0 unspecified atom stereocenters. The highest BCUT2D eigenvalue weighted by Crippen LogP contribution is 2.33. The van der Waals surface area contributed by atoms with E-state index in [-0.39, 0.29) is 5.91 Å². The summed E-state index contributed by atoms with van der Waals surface area (Å²) in [6, 6.07) is 8.08. The number of halogens is 2. The fraction of sp³-hybridized carbons (Fsp3) is 0.353. The van der Waals surface area contributed by atoms with Gasteiger partial charge in [0.1, 0.15) is 0 Å². The SMILES string of the molecule is Cc1cc(N2CCN(C)CC2)ccc1NC(=O)c1cc(Br)c(Br)s1. The Kier molecular flexibility index (Phi) is 5.64. The van der Waals surface area contributed by atoms with Gasteiger partial charge in [-0.1, -0.05) is 0 Å². The lowest BCUT2D eigenvalue weighted by atomic mass is 10.1. The molecule has 2 aromatic rings. The highest BCUT2D eigenvalue weighted by Gasteiger charge is 2.16. The number of hydrogen-bond acceptors (Lipinski definition) is 4. The molecule has 0 radical (unpaired) electrons. The van der Waals surface area contributed by atoms with E-state index in [2.05, 4.69) is 66.2 Å². The van der Waals surface area contributed by atoms with E-state index in [0.717, 1.165) is 45.7 Å². The first-order chi connectivity index (χ1) is 11.4. The van der Waals surface area contributed by atoms with Crippen LogP contribution in [-0.2, 0) is 0 Å². The molecule has 1 aromatic carbocycles. The Labute approximate surface area is 163 Å². The number of amides is 1. The van der Waals surface area contributed by atoms with Gasteiger partial charge in [0, 0.05) is 42.0 Å². The molecule has 7 heteroatoms. The van der Waals surface area contributed by atoms with Crippen LogP contribution in [-0.4, -0.2) is 44.0 Å². The summed E-state index contributed by atoms with van der Waals surface area (Å²) in [5, 5.41) is 3.01. The zero-order chi connectivity index (χ0) is 17.3. The number of rotatable bonds is 3. The molecule has 1 N–H and O–H groups in total. The number of thiophene rings is 1. The van der Waals surface area contributed by atoms with Crippen molar-refractivity contribution in [1.82, 2.24) is 4.90 Å². The maximum Gasteiger partial charge on any atom is 0.265 e. The lowest BCUT2D eigenvalue weighted by Gasteiger charge is -2.34. The molecule has 0 aliphatic carbocycles. The minimum atomic E-state index is -0.0816. The van der Waals surface area contributed by atoms with Crippen LogP contribution in [0.1, 0.15) is 15.2 Å². The standard InChI is InChI=1S/C17H19Br2N3OS/c1-11-9-12(22-7-5-21(2)6-8-22)3-4-14(11)20-17(23)15-10-13(18)16(19)24-15/h3-4,9-10H,5-8H2,1-2H3,(H,20,23). The Morgan fingerprint density at radius 3 is 2.46 bits per heavy atom. The smallest absolute Gasteiger partial charge is 0.265 e. The van der Waals surface area contributed by atoms with Crippen molar-refractivity contribution in [2.75, 3.05) is 43.4 Å². The van der Waals surface area contributed by atoms with E-state index in [4.69, 9.17) is 0 Å². The van der Waals surface area contributed by atoms with E-state index in [0.29, 0.717) is 4.88 Å². The van der Waals surface area contributed by atoms with E-state index in [1.807, 2.05) is 19.1 Å². The second-order valence-electron chi connectivity index (χ2n) is 5.98. The first kappa shape index (κ1) is 17.9. The van der Waals surface area contributed by atoms with Crippen molar-refractivity contribution in [3.8, 4) is 0 Å². The van der Waals surface area contributed by atoms with Gasteiger partial charge in [-0.2, -0.15) is 0 Å². The van der Waals surface area contributed by atoms with Gasteiger partial charge in [0.2, 0.25) is 0 Å². The number of carbonyl (C=O) groups is 1. The van der Waals surface area contributed by atoms with Crippen LogP contribution >= 0.6 is 43.2 Å². The van der Waals surface area contributed by atoms with Crippen molar-refractivity contribution in [2.45, 2.75) is 6.92 Å². The number of likely N-dealkylation sites (N-methyl/N-ethyl adjacent to an activating group) is 1. The van der Waals surface area contributed by atoms with Crippen molar-refractivity contribution in [1.29, 1.82) is 0 Å². The van der Waals surface area contributed by atoms with Crippen LogP contribution in [0.4, 0.5) is 11.4 Å². The molecule has 0 atom stereocenters. The maximum absolute atomic E-state index is 12.4. The van der Waals surface area contributed by atoms with Crippen molar-refractivity contribution in [2.24, 2.45) is 0 Å². The number of nitrogens with zero attached hydrogens (tertiary/aromatic N) is 2. The van der Waals surface area contributed by atoms with E-state index in [9.17, 15) is 4.79 Å². The van der Waals surface area contributed by atoms with E-state index in [1.54, 1.807) is 0 Å². The maximum atomic E-state index is 12.4. The van der Waals surface area contributed by atoms with E-state index >= 15 is 0 Å². The zero-order valence-corrected chi connectivity index (χ0v) is 17.6. The summed E-state index contributed by atoms with van der Waals surface area (Å²) in [6.45, 7) is 6.28. The first-order valence-electron chi connectivity index (χ1n) is 7.74. The topological polar surface area (TPSA) is 35.6 Å². The molecule has 1 amide bonds. The van der Waals surface area contributed by atoms with Crippen LogP contribution in [0.2, 0.25) is 0 Å². The van der Waals surface area contributed by atoms with Crippen LogP contribution in [0.15, 0.2) is 32.5 Å². The average molecular weight is 473 g/mol. The van der Waals surface area contributed by atoms with Crippen LogP contribution < -0.4 is 10.2 Å². The summed E-state index contributed by atoms with van der Waals surface area (Å²) in [7, 11) is 2.16. The molecule has 1 aliphatic rings. The fourth-order valence-corrected chi connectivity index (χ4v) is 4.62. The Balaban J connectivity index is 1.71. The third-order valence-electron chi connectivity index (χ3n) is 4.20. The Morgan fingerprint density at radius 2 is 1.88 bits per heavy atom. The number of aryl methyl sites for hydroxylation is 1. The molecule has 2 heterocycles. The van der Waals surface area contributed by atoms with Crippen LogP contribution in [0, 0.1) is 6.92 Å². The van der Waals surface area contributed by atoms with Gasteiger partial charge in [-0.25, -0.2) is 0 Å². The Morgan fingerprint density at radius 1 is 1.17 bits per heavy atom. The van der Waals surface area contributed by atoms with Gasteiger partial charge in [0.25, 0.3) is 5.91 Å². The molecule has 0 saturated carbocycles. The highest BCUT2D eigenvalue weighted by molar-refractivity contribution is 9.13. The second-order valence-corrected chi connectivity index (χ2v) is 9.20. The third-order valence-corrected chi connectivity index (χ3v) is 7.45. The van der Waals surface area contributed by atoms with Gasteiger partial charge in [-0.15, -0.1) is 11.3 Å². The predicted octanol–water partition coefficient (Wildman–Crippen LogP) is 4.59. The van der Waals surface area contributed by atoms with Crippen LogP contribution in [0.5, 0.6) is 0 Å². The van der Waals surface area contributed by atoms with Gasteiger partial charge in [-0.3, -0.25) is 4.79 Å². The van der Waals surface area contributed by atoms with Gasteiger partial charge in [0.15, 0.2) is 0 Å². The summed E-state index contributed by atoms with van der Waals surface area (Å²) in [5.41, 5.74) is 3.16. The number of benzene rings is 1. The number of carbonyl (C=O) groups excluding carboxylic acids is 1. The quantitative estimate of drug-likeness (QED) is 0.709. The summed E-state index contributed by atoms with van der Waals surface area (Å²) >= 11 is 8.26. The molecule has 4 nitrogen and oxygen atoms in total. The molecule has 24 heavy (non-hydrogen) atoms. The molecule has 1 fully saturated rings. The van der Waals surface area contributed by atoms with Crippen molar-refractivity contribution >= 4 is 60.5 Å². The highest BCUT2D eigenvalue weighted by atomic mass is 79.9. The monoisotopic (exact) mass is 471 g/mol. The summed E-state index contributed by atoms with van der Waals surface area (Å²) in [4.78, 5) is 17.8. The molecular weight excluding hydrogens is 454 g/mol. The van der Waals surface area contributed by atoms with Gasteiger partial charge in [0.05, 0.1) is 8.66 Å². The van der Waals surface area contributed by atoms with Crippen LogP contribution in [0.25, 0.3) is 0 Å². The molecule has 1 aliphatic heterocycles. The average Bonchev–Trinajstić information content (AvgIpc) is 2.89. The molecular formula is C17H19Br2N3OS. The largest absolute Gasteiger partial charge is 0.369 e. The Bertz CT molecular complexity index is 735. The van der Waals surface area contributed by atoms with Gasteiger partial charge in [-0.05, 0) is 75.7 Å². The lowest BCUT2D eigenvalue weighted by Crippen LogP contribution is -2.44. The fourth-order valence-electron chi connectivity index (χ4n) is 2.69. The molecule has 3 rings (SSSR count). The number of nitrogens with one attached hydrogen (secondary N) is 1. The second kappa shape index (κ2) is 7.56. The molecule has 1 saturated heterocycles. The van der Waals surface area contributed by atoms with Crippen molar-refractivity contribution < 1.29 is 4.79 Å². The summed E-state index contributed by atoms with van der Waals surface area (Å²) < 4.78 is 1.83. The molecule has 0 spiro atoms. The van der Waals surface area contributed by atoms with E-state index in [1.165, 1.54) is 17.0 Å². The normalized spacial score (nSPS) is 15.6. The molecule has 0 bridgehead atoms. The van der Waals surface area contributed by atoms with Gasteiger partial charge >= 0.3 is 0 Å². The number of piperazine rings is 1. The number of hydrogen-bond donors (Lipinski definition) is 1. The third kappa shape index (κ3) is 4.02. The first-order valence-corrected chi connectivity index (χ1v) is 10.1. The van der Waals surface area contributed by atoms with Crippen molar-refractivity contribution in [3.05, 3.63) is 43.0 Å². The molecule has 1 aromatic heterocycles. The zero-order valence-electron chi connectivity index (χ0n) is 13.6. The van der Waals surface area contributed by atoms with E-state index < -0.39 is 0 Å². The molecule has 128 valence electrons. The minimum absolute atomic E-state index is 0.0816. The summed E-state index contributed by atoms with van der Waals surface area (Å²) in [5.74, 6) is -0.0816. The minimum Gasteiger partial charge on any atom is -0.369 e. The van der Waals surface area contributed by atoms with Crippen LogP contribution in [0.3, 0.4) is 0 Å². The van der Waals surface area contributed by atoms with Gasteiger partial charge < -0.3 is 15.1 Å². The van der Waals surface area contributed by atoms with Crippen molar-refractivity contribution in [3.63, 3.8) is 0 Å². The summed E-state index contributed by atoms with van der Waals surface area (Å²) in [6.07, 6.45) is 0. The number of anilines is 2. The Hall–Kier alpha value is -0.890. The lowest BCUT2D eigenvalue weighted by molar-refractivity contribution is 0.103.